The van der Waals surface area contributed by atoms with Crippen molar-refractivity contribution < 1.29 is 37.0 Å². The second-order valence-corrected chi connectivity index (χ2v) is 10.6. The lowest BCUT2D eigenvalue weighted by molar-refractivity contribution is -0.112. The molecule has 0 radical (unpaired) electrons. The van der Waals surface area contributed by atoms with Crippen LogP contribution >= 0.6 is 23.3 Å². The van der Waals surface area contributed by atoms with Crippen LogP contribution in [0.3, 0.4) is 0 Å². The van der Waals surface area contributed by atoms with Crippen molar-refractivity contribution in [2.45, 2.75) is 57.0 Å². The first-order valence-corrected chi connectivity index (χ1v) is 16.1. The van der Waals surface area contributed by atoms with Crippen LogP contribution in [0, 0.1) is 11.8 Å². The van der Waals surface area contributed by atoms with Gasteiger partial charge in [0.25, 0.3) is 0 Å². The summed E-state index contributed by atoms with van der Waals surface area (Å²) in [7, 11) is 2.72. The van der Waals surface area contributed by atoms with Gasteiger partial charge in [-0.3, -0.25) is 9.18 Å². The molecule has 1 aliphatic heterocycles. The number of likely N-dealkylation sites (tertiary alicyclic amines) is 1. The van der Waals surface area contributed by atoms with Crippen molar-refractivity contribution in [1.82, 2.24) is 4.90 Å². The van der Waals surface area contributed by atoms with Gasteiger partial charge in [0, 0.05) is 39.5 Å². The third-order valence-corrected chi connectivity index (χ3v) is 8.10. The predicted octanol–water partition coefficient (Wildman–Crippen LogP) is 7.17. The fourth-order valence-electron chi connectivity index (χ4n) is 5.42. The number of carbonyl (C=O) groups is 3. The number of nitrogens with two attached hydrogens (primary N) is 1. The van der Waals surface area contributed by atoms with Gasteiger partial charge in [0.1, 0.15) is 18.5 Å². The Morgan fingerprint density at radius 1 is 1.09 bits per heavy atom. The van der Waals surface area contributed by atoms with Crippen molar-refractivity contribution in [3.63, 3.8) is 0 Å². The molecule has 8 nitrogen and oxygen atoms in total. The lowest BCUT2D eigenvalue weighted by Gasteiger charge is -2.28. The molecule has 3 aromatic rings. The Balaban J connectivity index is 0.000000323. The Kier molecular flexibility index (Phi) is 20.0. The predicted molar refractivity (Wildman–Crippen MR) is 179 cm³/mol. The summed E-state index contributed by atoms with van der Waals surface area (Å²) in [5.41, 5.74) is 8.02. The van der Waals surface area contributed by atoms with Crippen LogP contribution in [-0.2, 0) is 14.5 Å². The van der Waals surface area contributed by atoms with Gasteiger partial charge in [-0.15, -0.1) is 23.3 Å². The normalized spacial score (nSPS) is 21.1. The van der Waals surface area contributed by atoms with Crippen molar-refractivity contribution in [1.29, 1.82) is 0 Å². The average molecular weight is 672 g/mol. The van der Waals surface area contributed by atoms with E-state index < -0.39 is 12.6 Å². The zero-order chi connectivity index (χ0) is 33.8. The molecule has 2 aliphatic rings. The maximum atomic E-state index is 12.2. The zero-order valence-electron chi connectivity index (χ0n) is 25.8. The molecule has 5 rings (SSSR count). The van der Waals surface area contributed by atoms with Crippen molar-refractivity contribution in [3.05, 3.63) is 65.9 Å². The number of carbonyl (C=O) groups excluding carboxylic acids is 3. The van der Waals surface area contributed by atoms with E-state index in [4.69, 9.17) is 10.2 Å². The first kappa shape index (κ1) is 40.0. The Morgan fingerprint density at radius 3 is 2.24 bits per heavy atom. The molecule has 0 bridgehead atoms. The highest BCUT2D eigenvalue weighted by atomic mass is 33.1. The topological polar surface area (TPSA) is 115 Å². The molecule has 1 aromatic heterocycles. The van der Waals surface area contributed by atoms with Crippen LogP contribution in [0.4, 0.5) is 19.0 Å². The molecule has 2 aromatic carbocycles. The summed E-state index contributed by atoms with van der Waals surface area (Å²) in [5, 5.41) is 3.00. The molecule has 2 heterocycles. The standard InChI is InChI=1S/C12H17N.C10H6FNO4.C9H16FNO.CH3F.H2S2/c1-10-12(8-9-13(10)2)11-6-4-3-5-7-11;11-16-10(14)9-4-6-3-7(12-5-13)1-2-8(6)15-9;10-5-9(11)8-3-1-7(6-12)2-4-8;2*1-2/h3-7,10,12H,8-9H2,1-2H3;1-5H,(H,12,13);6-9H,1-5,11H2;1H3;1-2H/t10?,12-;;;;/m0..../s1. The molecule has 3 atom stereocenters. The van der Waals surface area contributed by atoms with E-state index in [2.05, 4.69) is 82.8 Å². The monoisotopic (exact) mass is 671 g/mol. The number of nitrogens with one attached hydrogen (secondary N) is 1. The highest BCUT2D eigenvalue weighted by Gasteiger charge is 2.28. The highest BCUT2D eigenvalue weighted by Crippen LogP contribution is 2.32. The molecule has 1 aliphatic carbocycles. The third-order valence-electron chi connectivity index (χ3n) is 8.10. The van der Waals surface area contributed by atoms with E-state index >= 15 is 0 Å². The zero-order valence-corrected chi connectivity index (χ0v) is 27.6. The van der Waals surface area contributed by atoms with Gasteiger partial charge in [0.05, 0.1) is 7.18 Å². The van der Waals surface area contributed by atoms with Gasteiger partial charge in [-0.25, -0.2) is 14.1 Å². The van der Waals surface area contributed by atoms with Crippen LogP contribution in [0.5, 0.6) is 0 Å². The molecule has 3 N–H and O–H groups in total. The summed E-state index contributed by atoms with van der Waals surface area (Å²) in [6.45, 7) is 3.13. The molecular formula is C32H44F3N3O5S2. The number of anilines is 1. The SMILES string of the molecule is CC1[C@@H](c2ccccc2)CCN1C.CF.NC(CF)C1CCC(C=O)CC1.O=CNc1ccc2oc(C(=O)OF)cc2c1.SS. The molecular weight excluding hydrogens is 627 g/mol. The number of fused-ring (bicyclic) bond motifs is 1. The molecule has 2 unspecified atom stereocenters. The van der Waals surface area contributed by atoms with Gasteiger partial charge in [-0.05, 0) is 88.4 Å². The number of nitrogens with zero attached hydrogens (tertiary/aromatic N) is 1. The molecule has 13 heteroatoms. The maximum absolute atomic E-state index is 12.2. The molecule has 45 heavy (non-hydrogen) atoms. The summed E-state index contributed by atoms with van der Waals surface area (Å²) in [6.07, 6.45) is 6.45. The fourth-order valence-corrected chi connectivity index (χ4v) is 5.42. The number of halogens is 3. The van der Waals surface area contributed by atoms with Crippen molar-refractivity contribution in [2.75, 3.05) is 32.8 Å². The summed E-state index contributed by atoms with van der Waals surface area (Å²) >= 11 is 6.44. The van der Waals surface area contributed by atoms with Gasteiger partial charge in [-0.2, -0.15) is 0 Å². The number of rotatable bonds is 7. The van der Waals surface area contributed by atoms with Crippen LogP contribution in [-0.4, -0.2) is 63.1 Å². The number of benzene rings is 2. The first-order chi connectivity index (χ1) is 21.8. The van der Waals surface area contributed by atoms with Crippen LogP contribution in [0.25, 0.3) is 11.0 Å². The summed E-state index contributed by atoms with van der Waals surface area (Å²) in [5.74, 6) is -0.188. The minimum Gasteiger partial charge on any atom is -0.449 e. The Hall–Kier alpha value is -3.00. The minimum atomic E-state index is -1.19. The maximum Gasteiger partial charge on any atom is 0.414 e. The molecule has 1 amide bonds. The lowest BCUT2D eigenvalue weighted by Crippen LogP contribution is -2.34. The third kappa shape index (κ3) is 12.7. The first-order valence-electron chi connectivity index (χ1n) is 14.5. The van der Waals surface area contributed by atoms with E-state index in [0.29, 0.717) is 42.2 Å². The Morgan fingerprint density at radius 2 is 1.73 bits per heavy atom. The van der Waals surface area contributed by atoms with E-state index in [-0.39, 0.29) is 17.7 Å². The van der Waals surface area contributed by atoms with E-state index in [9.17, 15) is 27.7 Å². The van der Waals surface area contributed by atoms with E-state index in [0.717, 1.165) is 37.9 Å². The number of alkyl halides is 2. The number of aldehydes is 1. The Bertz CT molecular complexity index is 1260. The second-order valence-electron chi connectivity index (χ2n) is 10.6. The second kappa shape index (κ2) is 22.5. The number of thiol groups is 2. The number of hydrogen-bond acceptors (Lipinski definition) is 9. The number of amides is 1. The fraction of sp³-hybridized carbons (Fsp3) is 0.469. The van der Waals surface area contributed by atoms with Crippen LogP contribution in [0.1, 0.15) is 61.1 Å². The number of likely N-dealkylation sites (N-methyl/N-ethyl adjacent to an activating group) is 1. The molecule has 1 saturated heterocycles. The summed E-state index contributed by atoms with van der Waals surface area (Å²) in [6, 6.07) is 17.3. The van der Waals surface area contributed by atoms with Crippen molar-refractivity contribution in [3.8, 4) is 0 Å². The Labute approximate surface area is 273 Å². The van der Waals surface area contributed by atoms with Crippen LogP contribution < -0.4 is 11.1 Å². The van der Waals surface area contributed by atoms with Gasteiger partial charge in [-0.1, -0.05) is 30.3 Å². The van der Waals surface area contributed by atoms with Crippen LogP contribution in [0.2, 0.25) is 0 Å². The smallest absolute Gasteiger partial charge is 0.414 e. The van der Waals surface area contributed by atoms with Gasteiger partial charge in [0.15, 0.2) is 0 Å². The van der Waals surface area contributed by atoms with Crippen LogP contribution in [0.15, 0.2) is 59.0 Å². The lowest BCUT2D eigenvalue weighted by atomic mass is 9.79. The van der Waals surface area contributed by atoms with Crippen molar-refractivity contribution >= 4 is 58.6 Å². The molecule has 1 saturated carbocycles. The van der Waals surface area contributed by atoms with Gasteiger partial charge < -0.3 is 25.2 Å². The van der Waals surface area contributed by atoms with E-state index in [1.54, 1.807) is 18.2 Å². The minimum absolute atomic E-state index is 0.202. The number of furan rings is 1. The molecule has 250 valence electrons. The average Bonchev–Trinajstić information content (AvgIpc) is 3.69. The summed E-state index contributed by atoms with van der Waals surface area (Å²) < 4.78 is 38.3. The number of hydrogen-bond donors (Lipinski definition) is 4. The van der Waals surface area contributed by atoms with Crippen molar-refractivity contribution in [2.24, 2.45) is 17.6 Å². The quantitative estimate of drug-likeness (QED) is 0.120. The molecule has 0 spiro atoms. The largest absolute Gasteiger partial charge is 0.449 e. The highest BCUT2D eigenvalue weighted by molar-refractivity contribution is 8.59. The molecule has 2 fully saturated rings. The van der Waals surface area contributed by atoms with E-state index in [1.807, 2.05) is 0 Å². The van der Waals surface area contributed by atoms with Gasteiger partial charge in [0.2, 0.25) is 12.2 Å². The van der Waals surface area contributed by atoms with Gasteiger partial charge >= 0.3 is 5.97 Å². The van der Waals surface area contributed by atoms with E-state index in [1.165, 1.54) is 24.6 Å². The summed E-state index contributed by atoms with van der Waals surface area (Å²) in [4.78, 5) is 36.9.